The molecule has 1 unspecified atom stereocenters. The van der Waals surface area contributed by atoms with Gasteiger partial charge in [0.1, 0.15) is 0 Å². The minimum absolute atomic E-state index is 0.0872. The van der Waals surface area contributed by atoms with E-state index in [0.717, 1.165) is 12.8 Å². The second kappa shape index (κ2) is 8.61. The van der Waals surface area contributed by atoms with Gasteiger partial charge in [0.05, 0.1) is 10.8 Å². The van der Waals surface area contributed by atoms with E-state index in [-0.39, 0.29) is 29.7 Å². The standard InChI is InChI=1S/C17H26N4O4S/c1-3-9-20(10-4-2)26(24,25)15-7-5-14(6-8-15)21-12-13(11-16(21)22)17(23)19-18/h5-8,13H,3-4,9-12,18H2,1-2H3,(H,19,23). The molecule has 0 radical (unpaired) electrons. The van der Waals surface area contributed by atoms with Crippen LogP contribution in [0.3, 0.4) is 0 Å². The van der Waals surface area contributed by atoms with Gasteiger partial charge in [0, 0.05) is 31.7 Å². The van der Waals surface area contributed by atoms with Gasteiger partial charge >= 0.3 is 0 Å². The maximum atomic E-state index is 12.8. The second-order valence-electron chi connectivity index (χ2n) is 6.31. The van der Waals surface area contributed by atoms with Crippen LogP contribution < -0.4 is 16.2 Å². The Hall–Kier alpha value is -1.97. The molecule has 0 aromatic heterocycles. The first-order valence-electron chi connectivity index (χ1n) is 8.76. The highest BCUT2D eigenvalue weighted by Gasteiger charge is 2.35. The average Bonchev–Trinajstić information content (AvgIpc) is 3.02. The number of hydrogen-bond donors (Lipinski definition) is 2. The summed E-state index contributed by atoms with van der Waals surface area (Å²) in [7, 11) is -3.56. The summed E-state index contributed by atoms with van der Waals surface area (Å²) >= 11 is 0. The molecule has 1 saturated heterocycles. The van der Waals surface area contributed by atoms with E-state index in [1.165, 1.54) is 21.3 Å². The lowest BCUT2D eigenvalue weighted by molar-refractivity contribution is -0.126. The number of hydrogen-bond acceptors (Lipinski definition) is 5. The third-order valence-corrected chi connectivity index (χ3v) is 6.28. The monoisotopic (exact) mass is 382 g/mol. The van der Waals surface area contributed by atoms with Crippen molar-refractivity contribution in [3.63, 3.8) is 0 Å². The van der Waals surface area contributed by atoms with Crippen LogP contribution in [0, 0.1) is 5.92 Å². The second-order valence-corrected chi connectivity index (χ2v) is 8.25. The van der Waals surface area contributed by atoms with Crippen molar-refractivity contribution >= 4 is 27.5 Å². The van der Waals surface area contributed by atoms with E-state index in [9.17, 15) is 18.0 Å². The Morgan fingerprint density at radius 1 is 1.23 bits per heavy atom. The summed E-state index contributed by atoms with van der Waals surface area (Å²) in [5.41, 5.74) is 2.63. The van der Waals surface area contributed by atoms with Gasteiger partial charge in [0.2, 0.25) is 21.8 Å². The van der Waals surface area contributed by atoms with Gasteiger partial charge in [-0.25, -0.2) is 14.3 Å². The zero-order valence-corrected chi connectivity index (χ0v) is 16.0. The number of rotatable bonds is 8. The van der Waals surface area contributed by atoms with Crippen molar-refractivity contribution in [3.05, 3.63) is 24.3 Å². The van der Waals surface area contributed by atoms with Crippen LogP contribution in [0.2, 0.25) is 0 Å². The molecule has 2 rings (SSSR count). The lowest BCUT2D eigenvalue weighted by Gasteiger charge is -2.22. The van der Waals surface area contributed by atoms with Gasteiger partial charge in [-0.15, -0.1) is 0 Å². The fourth-order valence-electron chi connectivity index (χ4n) is 3.05. The zero-order valence-electron chi connectivity index (χ0n) is 15.1. The smallest absolute Gasteiger partial charge is 0.243 e. The number of carbonyl (C=O) groups is 2. The molecule has 1 aromatic carbocycles. The number of carbonyl (C=O) groups excluding carboxylic acids is 2. The topological polar surface area (TPSA) is 113 Å². The van der Waals surface area contributed by atoms with E-state index in [2.05, 4.69) is 5.43 Å². The van der Waals surface area contributed by atoms with Crippen LogP contribution in [0.5, 0.6) is 0 Å². The summed E-state index contributed by atoms with van der Waals surface area (Å²) in [5.74, 6) is 4.06. The van der Waals surface area contributed by atoms with Gasteiger partial charge in [-0.1, -0.05) is 13.8 Å². The largest absolute Gasteiger partial charge is 0.312 e. The summed E-state index contributed by atoms with van der Waals surface area (Å²) in [6, 6.07) is 6.21. The summed E-state index contributed by atoms with van der Waals surface area (Å²) in [5, 5.41) is 0. The lowest BCUT2D eigenvalue weighted by Crippen LogP contribution is -2.37. The van der Waals surface area contributed by atoms with E-state index in [1.807, 2.05) is 13.8 Å². The van der Waals surface area contributed by atoms with Gasteiger partial charge in [0.25, 0.3) is 0 Å². The predicted octanol–water partition coefficient (Wildman–Crippen LogP) is 0.840. The molecule has 0 bridgehead atoms. The molecule has 1 aliphatic rings. The predicted molar refractivity (Wildman–Crippen MR) is 98.6 cm³/mol. The third-order valence-electron chi connectivity index (χ3n) is 4.37. The Labute approximate surface area is 154 Å². The first kappa shape index (κ1) is 20.3. The van der Waals surface area contributed by atoms with Crippen molar-refractivity contribution in [2.24, 2.45) is 11.8 Å². The zero-order chi connectivity index (χ0) is 19.3. The molecule has 3 N–H and O–H groups in total. The van der Waals surface area contributed by atoms with Crippen molar-refractivity contribution in [1.82, 2.24) is 9.73 Å². The molecule has 0 aliphatic carbocycles. The molecule has 144 valence electrons. The van der Waals surface area contributed by atoms with Crippen molar-refractivity contribution in [2.75, 3.05) is 24.5 Å². The van der Waals surface area contributed by atoms with E-state index in [1.54, 1.807) is 12.1 Å². The molecule has 9 heteroatoms. The molecule has 1 aromatic rings. The normalized spacial score (nSPS) is 17.8. The molecule has 1 atom stereocenters. The molecule has 0 saturated carbocycles. The number of hydrazine groups is 1. The first-order valence-corrected chi connectivity index (χ1v) is 10.2. The molecule has 26 heavy (non-hydrogen) atoms. The third kappa shape index (κ3) is 4.22. The number of anilines is 1. The van der Waals surface area contributed by atoms with Crippen molar-refractivity contribution in [3.8, 4) is 0 Å². The molecule has 1 heterocycles. The number of sulfonamides is 1. The first-order chi connectivity index (χ1) is 12.3. The SMILES string of the molecule is CCCN(CCC)S(=O)(=O)c1ccc(N2CC(C(=O)NN)CC2=O)cc1. The highest BCUT2D eigenvalue weighted by molar-refractivity contribution is 7.89. The molecular formula is C17H26N4O4S. The van der Waals surface area contributed by atoms with Crippen LogP contribution in [-0.4, -0.2) is 44.2 Å². The van der Waals surface area contributed by atoms with Gasteiger partial charge in [-0.3, -0.25) is 15.0 Å². The molecule has 1 fully saturated rings. The molecular weight excluding hydrogens is 356 g/mol. The fourth-order valence-corrected chi connectivity index (χ4v) is 4.67. The Morgan fingerprint density at radius 3 is 2.31 bits per heavy atom. The van der Waals surface area contributed by atoms with Gasteiger partial charge < -0.3 is 4.90 Å². The van der Waals surface area contributed by atoms with Crippen LogP contribution in [0.25, 0.3) is 0 Å². The maximum Gasteiger partial charge on any atom is 0.243 e. The lowest BCUT2D eigenvalue weighted by atomic mass is 10.1. The Balaban J connectivity index is 2.20. The Morgan fingerprint density at radius 2 is 1.81 bits per heavy atom. The number of nitrogens with one attached hydrogen (secondary N) is 1. The molecule has 2 amide bonds. The highest BCUT2D eigenvalue weighted by Crippen LogP contribution is 2.27. The summed E-state index contributed by atoms with van der Waals surface area (Å²) < 4.78 is 27.0. The number of benzene rings is 1. The Bertz CT molecular complexity index is 743. The van der Waals surface area contributed by atoms with Crippen molar-refractivity contribution < 1.29 is 18.0 Å². The number of nitrogens with two attached hydrogens (primary N) is 1. The highest BCUT2D eigenvalue weighted by atomic mass is 32.2. The number of nitrogens with zero attached hydrogens (tertiary/aromatic N) is 2. The van der Waals surface area contributed by atoms with Crippen LogP contribution >= 0.6 is 0 Å². The minimum atomic E-state index is -3.56. The summed E-state index contributed by atoms with van der Waals surface area (Å²) in [6.07, 6.45) is 1.57. The maximum absolute atomic E-state index is 12.8. The van der Waals surface area contributed by atoms with Gasteiger partial charge in [-0.2, -0.15) is 4.31 Å². The average molecular weight is 382 g/mol. The molecule has 0 spiro atoms. The summed E-state index contributed by atoms with van der Waals surface area (Å²) in [6.45, 7) is 5.05. The van der Waals surface area contributed by atoms with Gasteiger partial charge in [-0.05, 0) is 37.1 Å². The van der Waals surface area contributed by atoms with Crippen molar-refractivity contribution in [1.29, 1.82) is 0 Å². The molecule has 1 aliphatic heterocycles. The quantitative estimate of drug-likeness (QED) is 0.393. The van der Waals surface area contributed by atoms with E-state index < -0.39 is 15.9 Å². The van der Waals surface area contributed by atoms with Gasteiger partial charge in [0.15, 0.2) is 0 Å². The molecule has 8 nitrogen and oxygen atoms in total. The number of amides is 2. The van der Waals surface area contributed by atoms with E-state index in [0.29, 0.717) is 18.8 Å². The van der Waals surface area contributed by atoms with E-state index >= 15 is 0 Å². The van der Waals surface area contributed by atoms with Crippen molar-refractivity contribution in [2.45, 2.75) is 38.0 Å². The van der Waals surface area contributed by atoms with Crippen LogP contribution in [0.1, 0.15) is 33.1 Å². The van der Waals surface area contributed by atoms with Crippen LogP contribution in [0.4, 0.5) is 5.69 Å². The minimum Gasteiger partial charge on any atom is -0.312 e. The fraction of sp³-hybridized carbons (Fsp3) is 0.529. The summed E-state index contributed by atoms with van der Waals surface area (Å²) in [4.78, 5) is 25.4. The van der Waals surface area contributed by atoms with E-state index in [4.69, 9.17) is 5.84 Å². The van der Waals surface area contributed by atoms with Crippen LogP contribution in [0.15, 0.2) is 29.2 Å². The van der Waals surface area contributed by atoms with Crippen LogP contribution in [-0.2, 0) is 19.6 Å². The Kier molecular flexibility index (Phi) is 6.74.